The Hall–Kier alpha value is -1.43. The third kappa shape index (κ3) is 4.64. The summed E-state index contributed by atoms with van der Waals surface area (Å²) in [6.07, 6.45) is 7.95. The van der Waals surface area contributed by atoms with E-state index in [2.05, 4.69) is 19.2 Å². The summed E-state index contributed by atoms with van der Waals surface area (Å²) in [6, 6.07) is 3.29. The summed E-state index contributed by atoms with van der Waals surface area (Å²) in [5, 5.41) is 3.06. The number of hydrogen-bond acceptors (Lipinski definition) is 4. The molecular formula is C20H30N2O3S. The van der Waals surface area contributed by atoms with Gasteiger partial charge in [-0.3, -0.25) is 9.59 Å². The first-order chi connectivity index (χ1) is 12.6. The quantitative estimate of drug-likeness (QED) is 0.818. The van der Waals surface area contributed by atoms with Crippen molar-refractivity contribution in [2.24, 2.45) is 11.8 Å². The summed E-state index contributed by atoms with van der Waals surface area (Å²) in [7, 11) is 0. The van der Waals surface area contributed by atoms with E-state index in [4.69, 9.17) is 4.42 Å². The number of nitrogens with one attached hydrogen (secondary N) is 1. The van der Waals surface area contributed by atoms with Crippen LogP contribution < -0.4 is 5.32 Å². The van der Waals surface area contributed by atoms with Crippen molar-refractivity contribution in [3.05, 3.63) is 24.2 Å². The highest BCUT2D eigenvalue weighted by molar-refractivity contribution is 8.00. The standard InChI is InChI=1S/C20H30N2O3S/c1-14(2)11-18-22(20(24)15-7-4-3-5-8-15)17(13-26-18)19(23)21-12-16-9-6-10-25-16/h6,9-10,14-15,17-18H,3-5,7-8,11-13H2,1-2H3,(H,21,23). The summed E-state index contributed by atoms with van der Waals surface area (Å²) in [4.78, 5) is 28.0. The molecule has 5 nitrogen and oxygen atoms in total. The lowest BCUT2D eigenvalue weighted by molar-refractivity contribution is -0.144. The van der Waals surface area contributed by atoms with Crippen molar-refractivity contribution in [3.8, 4) is 0 Å². The molecule has 1 saturated carbocycles. The molecule has 1 aliphatic heterocycles. The van der Waals surface area contributed by atoms with E-state index in [9.17, 15) is 9.59 Å². The van der Waals surface area contributed by atoms with E-state index in [0.29, 0.717) is 18.2 Å². The number of hydrogen-bond donors (Lipinski definition) is 1. The number of rotatable bonds is 6. The Balaban J connectivity index is 1.69. The molecule has 6 heteroatoms. The Labute approximate surface area is 160 Å². The lowest BCUT2D eigenvalue weighted by atomic mass is 9.87. The summed E-state index contributed by atoms with van der Waals surface area (Å²) < 4.78 is 5.29. The molecular weight excluding hydrogens is 348 g/mol. The second-order valence-electron chi connectivity index (χ2n) is 7.81. The molecule has 1 aromatic rings. The van der Waals surface area contributed by atoms with Gasteiger partial charge >= 0.3 is 0 Å². The fourth-order valence-electron chi connectivity index (χ4n) is 3.91. The molecule has 2 unspecified atom stereocenters. The number of furan rings is 1. The highest BCUT2D eigenvalue weighted by Gasteiger charge is 2.43. The lowest BCUT2D eigenvalue weighted by Gasteiger charge is -2.34. The first kappa shape index (κ1) is 19.3. The van der Waals surface area contributed by atoms with Crippen LogP contribution in [0.1, 0.15) is 58.1 Å². The topological polar surface area (TPSA) is 62.6 Å². The Morgan fingerprint density at radius 1 is 1.31 bits per heavy atom. The molecule has 3 rings (SSSR count). The molecule has 2 atom stereocenters. The molecule has 2 fully saturated rings. The summed E-state index contributed by atoms with van der Waals surface area (Å²) in [6.45, 7) is 4.72. The van der Waals surface area contributed by atoms with Crippen molar-refractivity contribution in [2.45, 2.75) is 70.3 Å². The van der Waals surface area contributed by atoms with E-state index in [-0.39, 0.29) is 29.1 Å². The molecule has 0 bridgehead atoms. The van der Waals surface area contributed by atoms with Gasteiger partial charge in [-0.05, 0) is 37.3 Å². The molecule has 2 amide bonds. The molecule has 0 spiro atoms. The summed E-state index contributed by atoms with van der Waals surface area (Å²) >= 11 is 1.75. The largest absolute Gasteiger partial charge is 0.467 e. The van der Waals surface area contributed by atoms with Crippen molar-refractivity contribution in [1.82, 2.24) is 10.2 Å². The van der Waals surface area contributed by atoms with Crippen LogP contribution in [0.4, 0.5) is 0 Å². The van der Waals surface area contributed by atoms with Crippen molar-refractivity contribution in [1.29, 1.82) is 0 Å². The van der Waals surface area contributed by atoms with Gasteiger partial charge in [0.05, 0.1) is 18.2 Å². The van der Waals surface area contributed by atoms with Crippen molar-refractivity contribution in [3.63, 3.8) is 0 Å². The van der Waals surface area contributed by atoms with E-state index in [1.165, 1.54) is 6.42 Å². The monoisotopic (exact) mass is 378 g/mol. The van der Waals surface area contributed by atoms with E-state index in [1.54, 1.807) is 18.0 Å². The molecule has 144 valence electrons. The van der Waals surface area contributed by atoms with Gasteiger partial charge in [-0.1, -0.05) is 33.1 Å². The molecule has 1 aliphatic carbocycles. The Morgan fingerprint density at radius 3 is 2.73 bits per heavy atom. The number of thioether (sulfide) groups is 1. The second kappa shape index (κ2) is 8.98. The molecule has 1 aromatic heterocycles. The SMILES string of the molecule is CC(C)CC1SCC(C(=O)NCc2ccco2)N1C(=O)C1CCCCC1. The van der Waals surface area contributed by atoms with Crippen molar-refractivity contribution in [2.75, 3.05) is 5.75 Å². The molecule has 2 heterocycles. The van der Waals surface area contributed by atoms with Crippen LogP contribution in [0.2, 0.25) is 0 Å². The zero-order chi connectivity index (χ0) is 18.5. The summed E-state index contributed by atoms with van der Waals surface area (Å²) in [5.41, 5.74) is 0. The number of carbonyl (C=O) groups is 2. The first-order valence-corrected chi connectivity index (χ1v) is 10.8. The van der Waals surface area contributed by atoms with Gasteiger partial charge in [-0.2, -0.15) is 0 Å². The zero-order valence-electron chi connectivity index (χ0n) is 15.8. The van der Waals surface area contributed by atoms with Gasteiger partial charge in [-0.15, -0.1) is 11.8 Å². The number of amides is 2. The summed E-state index contributed by atoms with van der Waals surface area (Å²) in [5.74, 6) is 2.13. The van der Waals surface area contributed by atoms with Crippen LogP contribution in [-0.4, -0.2) is 33.9 Å². The number of nitrogens with zero attached hydrogens (tertiary/aromatic N) is 1. The Bertz CT molecular complexity index is 596. The van der Waals surface area contributed by atoms with Crippen molar-refractivity contribution < 1.29 is 14.0 Å². The van der Waals surface area contributed by atoms with E-state index < -0.39 is 0 Å². The molecule has 26 heavy (non-hydrogen) atoms. The second-order valence-corrected chi connectivity index (χ2v) is 9.02. The molecule has 2 aliphatic rings. The maximum Gasteiger partial charge on any atom is 0.244 e. The van der Waals surface area contributed by atoms with Gasteiger partial charge in [0, 0.05) is 11.7 Å². The minimum atomic E-state index is -0.367. The van der Waals surface area contributed by atoms with Crippen LogP contribution >= 0.6 is 11.8 Å². The van der Waals surface area contributed by atoms with Crippen LogP contribution in [0.15, 0.2) is 22.8 Å². The predicted molar refractivity (Wildman–Crippen MR) is 103 cm³/mol. The number of carbonyl (C=O) groups excluding carboxylic acids is 2. The van der Waals surface area contributed by atoms with Crippen LogP contribution in [0, 0.1) is 11.8 Å². The fraction of sp³-hybridized carbons (Fsp3) is 0.700. The van der Waals surface area contributed by atoms with Gasteiger partial charge in [0.2, 0.25) is 11.8 Å². The van der Waals surface area contributed by atoms with Crippen molar-refractivity contribution >= 4 is 23.6 Å². The molecule has 0 radical (unpaired) electrons. The zero-order valence-corrected chi connectivity index (χ0v) is 16.6. The third-order valence-electron chi connectivity index (χ3n) is 5.29. The molecule has 1 N–H and O–H groups in total. The highest BCUT2D eigenvalue weighted by Crippen LogP contribution is 2.37. The van der Waals surface area contributed by atoms with Crippen LogP contribution in [0.3, 0.4) is 0 Å². The predicted octanol–water partition coefficient (Wildman–Crippen LogP) is 3.79. The van der Waals surface area contributed by atoms with Gasteiger partial charge in [0.15, 0.2) is 0 Å². The highest BCUT2D eigenvalue weighted by atomic mass is 32.2. The fourth-order valence-corrected chi connectivity index (χ4v) is 5.56. The first-order valence-electron chi connectivity index (χ1n) is 9.80. The van der Waals surface area contributed by atoms with Crippen LogP contribution in [-0.2, 0) is 16.1 Å². The molecule has 1 saturated heterocycles. The average molecular weight is 379 g/mol. The van der Waals surface area contributed by atoms with E-state index in [0.717, 1.165) is 37.9 Å². The van der Waals surface area contributed by atoms with E-state index >= 15 is 0 Å². The minimum absolute atomic E-state index is 0.0654. The Kier molecular flexibility index (Phi) is 6.68. The minimum Gasteiger partial charge on any atom is -0.467 e. The lowest BCUT2D eigenvalue weighted by Crippen LogP contribution is -2.51. The maximum absolute atomic E-state index is 13.3. The van der Waals surface area contributed by atoms with E-state index in [1.807, 2.05) is 17.0 Å². The normalized spacial score (nSPS) is 24.2. The van der Waals surface area contributed by atoms with Crippen LogP contribution in [0.5, 0.6) is 0 Å². The maximum atomic E-state index is 13.3. The van der Waals surface area contributed by atoms with Gasteiger partial charge in [-0.25, -0.2) is 0 Å². The van der Waals surface area contributed by atoms with Gasteiger partial charge in [0.25, 0.3) is 0 Å². The smallest absolute Gasteiger partial charge is 0.244 e. The molecule has 0 aromatic carbocycles. The average Bonchev–Trinajstić information content (AvgIpc) is 3.29. The van der Waals surface area contributed by atoms with Gasteiger partial charge in [0.1, 0.15) is 11.8 Å². The van der Waals surface area contributed by atoms with Crippen LogP contribution in [0.25, 0.3) is 0 Å². The Morgan fingerprint density at radius 2 is 2.08 bits per heavy atom. The third-order valence-corrected chi connectivity index (χ3v) is 6.61. The van der Waals surface area contributed by atoms with Gasteiger partial charge < -0.3 is 14.6 Å².